The molecule has 3 rings (SSSR count). The average molecular weight is 279 g/mol. The summed E-state index contributed by atoms with van der Waals surface area (Å²) in [7, 11) is 0. The van der Waals surface area contributed by atoms with Crippen molar-refractivity contribution < 1.29 is 0 Å². The molecule has 0 bridgehead atoms. The van der Waals surface area contributed by atoms with Gasteiger partial charge in [-0.05, 0) is 36.2 Å². The number of anilines is 2. The molecule has 106 valence electrons. The molecule has 0 fully saturated rings. The Morgan fingerprint density at radius 2 is 1.90 bits per heavy atom. The minimum atomic E-state index is 0.712. The molecule has 0 spiro atoms. The van der Waals surface area contributed by atoms with Gasteiger partial charge in [0, 0.05) is 12.7 Å². The first kappa shape index (κ1) is 13.2. The van der Waals surface area contributed by atoms with Crippen molar-refractivity contribution in [3.8, 4) is 11.3 Å². The highest BCUT2D eigenvalue weighted by molar-refractivity contribution is 5.58. The number of nitrogens with two attached hydrogens (primary N) is 1. The molecule has 4 N–H and O–H groups in total. The lowest BCUT2D eigenvalue weighted by Crippen LogP contribution is -2.03. The Morgan fingerprint density at radius 3 is 2.57 bits per heavy atom. The van der Waals surface area contributed by atoms with Crippen LogP contribution >= 0.6 is 0 Å². The normalized spacial score (nSPS) is 10.5. The van der Waals surface area contributed by atoms with E-state index in [9.17, 15) is 0 Å². The number of hydrogen-bond donors (Lipinski definition) is 3. The van der Waals surface area contributed by atoms with Crippen LogP contribution < -0.4 is 11.1 Å². The van der Waals surface area contributed by atoms with Gasteiger partial charge in [0.25, 0.3) is 0 Å². The van der Waals surface area contributed by atoms with Crippen LogP contribution in [-0.4, -0.2) is 15.2 Å². The van der Waals surface area contributed by atoms with Crippen molar-refractivity contribution in [3.05, 3.63) is 59.9 Å². The first-order valence-electron chi connectivity index (χ1n) is 6.78. The predicted octanol–water partition coefficient (Wildman–Crippen LogP) is 2.97. The van der Waals surface area contributed by atoms with E-state index < -0.39 is 0 Å². The summed E-state index contributed by atoms with van der Waals surface area (Å²) in [5.74, 6) is 0.833. The van der Waals surface area contributed by atoms with Crippen molar-refractivity contribution in [2.75, 3.05) is 11.1 Å². The SMILES string of the molecule is Cc1nc(NCc2ccc(-c3ccn[nH]3)cc2)ccc1N. The third kappa shape index (κ3) is 3.02. The molecule has 0 unspecified atom stereocenters. The molecule has 5 heteroatoms. The van der Waals surface area contributed by atoms with E-state index in [1.165, 1.54) is 5.56 Å². The molecule has 0 aliphatic rings. The second kappa shape index (κ2) is 5.66. The maximum absolute atomic E-state index is 5.76. The summed E-state index contributed by atoms with van der Waals surface area (Å²) in [6, 6.07) is 14.0. The fraction of sp³-hybridized carbons (Fsp3) is 0.125. The van der Waals surface area contributed by atoms with Crippen molar-refractivity contribution in [1.29, 1.82) is 0 Å². The summed E-state index contributed by atoms with van der Waals surface area (Å²) < 4.78 is 0. The van der Waals surface area contributed by atoms with Gasteiger partial charge in [0.2, 0.25) is 0 Å². The third-order valence-electron chi connectivity index (χ3n) is 3.37. The van der Waals surface area contributed by atoms with E-state index in [2.05, 4.69) is 44.8 Å². The van der Waals surface area contributed by atoms with Gasteiger partial charge >= 0.3 is 0 Å². The number of rotatable bonds is 4. The van der Waals surface area contributed by atoms with E-state index in [4.69, 9.17) is 5.73 Å². The lowest BCUT2D eigenvalue weighted by atomic mass is 10.1. The highest BCUT2D eigenvalue weighted by atomic mass is 15.1. The Hall–Kier alpha value is -2.82. The lowest BCUT2D eigenvalue weighted by molar-refractivity contribution is 1.09. The molecule has 0 saturated heterocycles. The van der Waals surface area contributed by atoms with Gasteiger partial charge in [-0.2, -0.15) is 5.10 Å². The minimum Gasteiger partial charge on any atom is -0.397 e. The number of pyridine rings is 1. The molecule has 0 saturated carbocycles. The van der Waals surface area contributed by atoms with Crippen molar-refractivity contribution in [2.45, 2.75) is 13.5 Å². The zero-order valence-electron chi connectivity index (χ0n) is 11.8. The van der Waals surface area contributed by atoms with Crippen molar-refractivity contribution in [3.63, 3.8) is 0 Å². The highest BCUT2D eigenvalue weighted by Gasteiger charge is 2.01. The van der Waals surface area contributed by atoms with Crippen LogP contribution in [0.5, 0.6) is 0 Å². The predicted molar refractivity (Wildman–Crippen MR) is 84.7 cm³/mol. The summed E-state index contributed by atoms with van der Waals surface area (Å²) >= 11 is 0. The molecule has 2 aromatic heterocycles. The number of aromatic amines is 1. The minimum absolute atomic E-state index is 0.712. The quantitative estimate of drug-likeness (QED) is 0.686. The van der Waals surface area contributed by atoms with Gasteiger partial charge in [0.15, 0.2) is 0 Å². The molecule has 0 aliphatic carbocycles. The number of nitrogen functional groups attached to an aromatic ring is 1. The molecule has 3 aromatic rings. The van der Waals surface area contributed by atoms with Gasteiger partial charge < -0.3 is 11.1 Å². The Labute approximate surface area is 123 Å². The van der Waals surface area contributed by atoms with E-state index >= 15 is 0 Å². The van der Waals surface area contributed by atoms with Crippen molar-refractivity contribution in [2.24, 2.45) is 0 Å². The average Bonchev–Trinajstić information content (AvgIpc) is 3.03. The second-order valence-electron chi connectivity index (χ2n) is 4.89. The standard InChI is InChI=1S/C16H17N5/c1-11-14(17)6-7-16(20-11)18-10-12-2-4-13(5-3-12)15-8-9-19-21-15/h2-9H,10,17H2,1H3,(H,18,20)(H,19,21). The summed E-state index contributed by atoms with van der Waals surface area (Å²) in [6.45, 7) is 2.62. The fourth-order valence-corrected chi connectivity index (χ4v) is 2.08. The molecule has 0 radical (unpaired) electrons. The smallest absolute Gasteiger partial charge is 0.126 e. The molecule has 5 nitrogen and oxygen atoms in total. The van der Waals surface area contributed by atoms with Gasteiger partial charge in [-0.15, -0.1) is 0 Å². The van der Waals surface area contributed by atoms with Crippen molar-refractivity contribution >= 4 is 11.5 Å². The van der Waals surface area contributed by atoms with Gasteiger partial charge in [-0.3, -0.25) is 5.10 Å². The van der Waals surface area contributed by atoms with Gasteiger partial charge in [-0.1, -0.05) is 24.3 Å². The molecular weight excluding hydrogens is 262 g/mol. The number of aryl methyl sites for hydroxylation is 1. The van der Waals surface area contributed by atoms with Crippen LogP contribution in [-0.2, 0) is 6.54 Å². The van der Waals surface area contributed by atoms with Crippen molar-refractivity contribution in [1.82, 2.24) is 15.2 Å². The van der Waals surface area contributed by atoms with Crippen LogP contribution in [0.3, 0.4) is 0 Å². The Bertz CT molecular complexity index is 717. The molecule has 2 heterocycles. The number of nitrogens with one attached hydrogen (secondary N) is 2. The number of benzene rings is 1. The number of hydrogen-bond acceptors (Lipinski definition) is 4. The van der Waals surface area contributed by atoms with Gasteiger partial charge in [0.1, 0.15) is 5.82 Å². The summed E-state index contributed by atoms with van der Waals surface area (Å²) in [5, 5.41) is 10.2. The molecule has 0 amide bonds. The fourth-order valence-electron chi connectivity index (χ4n) is 2.08. The Kier molecular flexibility index (Phi) is 3.55. The van der Waals surface area contributed by atoms with Gasteiger partial charge in [-0.25, -0.2) is 4.98 Å². The first-order chi connectivity index (χ1) is 10.2. The number of nitrogens with zero attached hydrogens (tertiary/aromatic N) is 2. The largest absolute Gasteiger partial charge is 0.397 e. The highest BCUT2D eigenvalue weighted by Crippen LogP contribution is 2.17. The summed E-state index contributed by atoms with van der Waals surface area (Å²) in [4.78, 5) is 4.40. The van der Waals surface area contributed by atoms with E-state index in [-0.39, 0.29) is 0 Å². The summed E-state index contributed by atoms with van der Waals surface area (Å²) in [5.41, 5.74) is 10.6. The molecule has 0 aliphatic heterocycles. The molecule has 0 atom stereocenters. The molecule has 21 heavy (non-hydrogen) atoms. The maximum Gasteiger partial charge on any atom is 0.126 e. The topological polar surface area (TPSA) is 79.6 Å². The van der Waals surface area contributed by atoms with Crippen LogP contribution in [0.2, 0.25) is 0 Å². The molecular formula is C16H17N5. The van der Waals surface area contributed by atoms with E-state index in [1.807, 2.05) is 25.1 Å². The van der Waals surface area contributed by atoms with Gasteiger partial charge in [0.05, 0.1) is 17.1 Å². The summed E-state index contributed by atoms with van der Waals surface area (Å²) in [6.07, 6.45) is 1.75. The Morgan fingerprint density at radius 1 is 1.10 bits per heavy atom. The zero-order valence-corrected chi connectivity index (χ0v) is 11.8. The third-order valence-corrected chi connectivity index (χ3v) is 3.37. The van der Waals surface area contributed by atoms with E-state index in [1.54, 1.807) is 6.20 Å². The number of H-pyrrole nitrogens is 1. The van der Waals surface area contributed by atoms with Crippen LogP contribution in [0.25, 0.3) is 11.3 Å². The maximum atomic E-state index is 5.76. The van der Waals surface area contributed by atoms with E-state index in [0.29, 0.717) is 5.69 Å². The van der Waals surface area contributed by atoms with Crippen LogP contribution in [0.15, 0.2) is 48.7 Å². The number of aromatic nitrogens is 3. The monoisotopic (exact) mass is 279 g/mol. The van der Waals surface area contributed by atoms with Crippen LogP contribution in [0.4, 0.5) is 11.5 Å². The first-order valence-corrected chi connectivity index (χ1v) is 6.78. The van der Waals surface area contributed by atoms with E-state index in [0.717, 1.165) is 29.3 Å². The lowest BCUT2D eigenvalue weighted by Gasteiger charge is -2.08. The zero-order chi connectivity index (χ0) is 14.7. The second-order valence-corrected chi connectivity index (χ2v) is 4.89. The van der Waals surface area contributed by atoms with Crippen LogP contribution in [0.1, 0.15) is 11.3 Å². The molecule has 1 aromatic carbocycles. The Balaban J connectivity index is 1.66. The van der Waals surface area contributed by atoms with Crippen LogP contribution in [0, 0.1) is 6.92 Å².